The van der Waals surface area contributed by atoms with Gasteiger partial charge in [-0.15, -0.1) is 0 Å². The maximum atomic E-state index is 12.9. The van der Waals surface area contributed by atoms with Gasteiger partial charge in [0.15, 0.2) is 0 Å². The summed E-state index contributed by atoms with van der Waals surface area (Å²) in [6.07, 6.45) is 0. The van der Waals surface area contributed by atoms with Crippen LogP contribution in [0.2, 0.25) is 0 Å². The molecule has 0 aromatic heterocycles. The third-order valence-corrected chi connectivity index (χ3v) is 5.45. The van der Waals surface area contributed by atoms with E-state index in [0.717, 1.165) is 5.56 Å². The van der Waals surface area contributed by atoms with Gasteiger partial charge in [0.1, 0.15) is 5.75 Å². The number of esters is 1. The third kappa shape index (κ3) is 4.99. The van der Waals surface area contributed by atoms with Crippen LogP contribution >= 0.6 is 0 Å². The number of piperazine rings is 1. The third-order valence-electron chi connectivity index (χ3n) is 5.45. The van der Waals surface area contributed by atoms with Crippen LogP contribution in [0, 0.1) is 5.92 Å². The first-order valence-corrected chi connectivity index (χ1v) is 10.5. The van der Waals surface area contributed by atoms with Crippen molar-refractivity contribution in [2.75, 3.05) is 33.4 Å². The molecule has 0 spiro atoms. The SMILES string of the molecule is CCOC(=O)C1=C(CN2CCNC(=O)C2C(C)C)NC(=O)NC1c1ccc(OC)cc1. The zero-order valence-corrected chi connectivity index (χ0v) is 18.4. The lowest BCUT2D eigenvalue weighted by Crippen LogP contribution is -2.59. The Labute approximate surface area is 182 Å². The smallest absolute Gasteiger partial charge is 0.338 e. The molecule has 0 radical (unpaired) electrons. The van der Waals surface area contributed by atoms with E-state index in [0.29, 0.717) is 30.1 Å². The Kier molecular flexibility index (Phi) is 7.17. The van der Waals surface area contributed by atoms with Gasteiger partial charge in [-0.2, -0.15) is 0 Å². The van der Waals surface area contributed by atoms with Crippen LogP contribution in [0.5, 0.6) is 5.75 Å². The molecule has 31 heavy (non-hydrogen) atoms. The number of nitrogens with one attached hydrogen (secondary N) is 3. The monoisotopic (exact) mass is 430 g/mol. The normalized spacial score (nSPS) is 22.0. The maximum Gasteiger partial charge on any atom is 0.338 e. The molecule has 168 valence electrons. The fourth-order valence-corrected chi connectivity index (χ4v) is 4.08. The number of hydrogen-bond acceptors (Lipinski definition) is 6. The molecule has 2 atom stereocenters. The van der Waals surface area contributed by atoms with Crippen molar-refractivity contribution in [1.82, 2.24) is 20.9 Å². The van der Waals surface area contributed by atoms with Crippen LogP contribution in [0.25, 0.3) is 0 Å². The van der Waals surface area contributed by atoms with Gasteiger partial charge < -0.3 is 25.4 Å². The van der Waals surface area contributed by atoms with Gasteiger partial charge in [-0.05, 0) is 30.5 Å². The van der Waals surface area contributed by atoms with Crippen LogP contribution < -0.4 is 20.7 Å². The summed E-state index contributed by atoms with van der Waals surface area (Å²) in [6, 6.07) is 5.71. The number of methoxy groups -OCH3 is 1. The van der Waals surface area contributed by atoms with Crippen molar-refractivity contribution in [2.24, 2.45) is 5.92 Å². The lowest BCUT2D eigenvalue weighted by atomic mass is 9.93. The van der Waals surface area contributed by atoms with Crippen LogP contribution in [0.3, 0.4) is 0 Å². The van der Waals surface area contributed by atoms with Crippen LogP contribution in [0.15, 0.2) is 35.5 Å². The van der Waals surface area contributed by atoms with E-state index in [4.69, 9.17) is 9.47 Å². The Bertz CT molecular complexity index is 865. The second-order valence-electron chi connectivity index (χ2n) is 7.87. The maximum absolute atomic E-state index is 12.9. The van der Waals surface area contributed by atoms with Crippen LogP contribution in [0.1, 0.15) is 32.4 Å². The van der Waals surface area contributed by atoms with Gasteiger partial charge in [-0.3, -0.25) is 9.69 Å². The molecule has 0 aliphatic carbocycles. The Hall–Kier alpha value is -3.07. The zero-order valence-electron chi connectivity index (χ0n) is 18.4. The number of ether oxygens (including phenoxy) is 2. The zero-order chi connectivity index (χ0) is 22.5. The topological polar surface area (TPSA) is 109 Å². The number of carbonyl (C=O) groups excluding carboxylic acids is 3. The van der Waals surface area contributed by atoms with Crippen molar-refractivity contribution in [3.05, 3.63) is 41.1 Å². The van der Waals surface area contributed by atoms with Gasteiger partial charge in [0.2, 0.25) is 5.91 Å². The molecule has 3 amide bonds. The number of nitrogens with zero attached hydrogens (tertiary/aromatic N) is 1. The number of benzene rings is 1. The Balaban J connectivity index is 2.01. The molecule has 1 aromatic carbocycles. The molecule has 2 unspecified atom stereocenters. The van der Waals surface area contributed by atoms with Gasteiger partial charge >= 0.3 is 12.0 Å². The summed E-state index contributed by atoms with van der Waals surface area (Å²) in [5.74, 6) is 0.187. The molecule has 2 heterocycles. The molecule has 0 bridgehead atoms. The molecular weight excluding hydrogens is 400 g/mol. The van der Waals surface area contributed by atoms with Crippen LogP contribution in [-0.4, -0.2) is 62.2 Å². The van der Waals surface area contributed by atoms with E-state index in [2.05, 4.69) is 16.0 Å². The quantitative estimate of drug-likeness (QED) is 0.563. The van der Waals surface area contributed by atoms with E-state index in [1.165, 1.54) is 0 Å². The first kappa shape index (κ1) is 22.6. The first-order chi connectivity index (χ1) is 14.8. The summed E-state index contributed by atoms with van der Waals surface area (Å²) < 4.78 is 10.5. The molecule has 9 nitrogen and oxygen atoms in total. The van der Waals surface area contributed by atoms with Crippen molar-refractivity contribution in [1.29, 1.82) is 0 Å². The molecule has 0 saturated carbocycles. The molecule has 3 N–H and O–H groups in total. The minimum Gasteiger partial charge on any atom is -0.497 e. The standard InChI is InChI=1S/C22H30N4O5/c1-5-31-21(28)17-16(12-26-11-10-23-20(27)19(26)13(2)3)24-22(29)25-18(17)14-6-8-15(30-4)9-7-14/h6-9,13,18-19H,5,10-12H2,1-4H3,(H,23,27)(H2,24,25,29). The Morgan fingerprint density at radius 3 is 2.55 bits per heavy atom. The molecule has 1 fully saturated rings. The summed E-state index contributed by atoms with van der Waals surface area (Å²) in [5.41, 5.74) is 1.51. The van der Waals surface area contributed by atoms with Gasteiger partial charge in [0, 0.05) is 25.3 Å². The van der Waals surface area contributed by atoms with Crippen LogP contribution in [-0.2, 0) is 14.3 Å². The average Bonchev–Trinajstić information content (AvgIpc) is 2.73. The number of rotatable bonds is 7. The van der Waals surface area contributed by atoms with Crippen molar-refractivity contribution < 1.29 is 23.9 Å². The molecule has 3 rings (SSSR count). The van der Waals surface area contributed by atoms with Gasteiger partial charge in [0.25, 0.3) is 0 Å². The lowest BCUT2D eigenvalue weighted by Gasteiger charge is -2.39. The van der Waals surface area contributed by atoms with Gasteiger partial charge in [-0.1, -0.05) is 26.0 Å². The largest absolute Gasteiger partial charge is 0.497 e. The highest BCUT2D eigenvalue weighted by Gasteiger charge is 2.37. The van der Waals surface area contributed by atoms with Crippen molar-refractivity contribution in [2.45, 2.75) is 32.9 Å². The van der Waals surface area contributed by atoms with E-state index in [1.807, 2.05) is 18.7 Å². The molecule has 2 aliphatic heterocycles. The fraction of sp³-hybridized carbons (Fsp3) is 0.500. The van der Waals surface area contributed by atoms with E-state index in [9.17, 15) is 14.4 Å². The molecular formula is C22H30N4O5. The predicted molar refractivity (Wildman–Crippen MR) is 114 cm³/mol. The number of urea groups is 1. The second-order valence-corrected chi connectivity index (χ2v) is 7.87. The summed E-state index contributed by atoms with van der Waals surface area (Å²) in [4.78, 5) is 39.9. The highest BCUT2D eigenvalue weighted by molar-refractivity contribution is 5.95. The number of amides is 3. The van der Waals surface area contributed by atoms with E-state index in [1.54, 1.807) is 38.3 Å². The van der Waals surface area contributed by atoms with Gasteiger partial charge in [0.05, 0.1) is 31.4 Å². The molecule has 1 aromatic rings. The molecule has 1 saturated heterocycles. The summed E-state index contributed by atoms with van der Waals surface area (Å²) in [5, 5.41) is 8.49. The van der Waals surface area contributed by atoms with E-state index in [-0.39, 0.29) is 31.0 Å². The first-order valence-electron chi connectivity index (χ1n) is 10.5. The van der Waals surface area contributed by atoms with E-state index < -0.39 is 18.0 Å². The highest BCUT2D eigenvalue weighted by Crippen LogP contribution is 2.30. The van der Waals surface area contributed by atoms with Crippen molar-refractivity contribution >= 4 is 17.9 Å². The van der Waals surface area contributed by atoms with Crippen molar-refractivity contribution in [3.63, 3.8) is 0 Å². The summed E-state index contributed by atoms with van der Waals surface area (Å²) in [6.45, 7) is 7.28. The summed E-state index contributed by atoms with van der Waals surface area (Å²) in [7, 11) is 1.57. The Morgan fingerprint density at radius 1 is 1.23 bits per heavy atom. The minimum absolute atomic E-state index is 0.0495. The van der Waals surface area contributed by atoms with Crippen LogP contribution in [0.4, 0.5) is 4.79 Å². The Morgan fingerprint density at radius 2 is 1.94 bits per heavy atom. The minimum atomic E-state index is -0.676. The fourth-order valence-electron chi connectivity index (χ4n) is 4.08. The second kappa shape index (κ2) is 9.82. The number of hydrogen-bond donors (Lipinski definition) is 3. The molecule has 2 aliphatic rings. The summed E-state index contributed by atoms with van der Waals surface area (Å²) >= 11 is 0. The van der Waals surface area contributed by atoms with Gasteiger partial charge in [-0.25, -0.2) is 9.59 Å². The lowest BCUT2D eigenvalue weighted by molar-refractivity contribution is -0.139. The average molecular weight is 431 g/mol. The molecule has 9 heteroatoms. The number of carbonyl (C=O) groups is 3. The van der Waals surface area contributed by atoms with Crippen molar-refractivity contribution in [3.8, 4) is 5.75 Å². The predicted octanol–water partition coefficient (Wildman–Crippen LogP) is 1.32. The van der Waals surface area contributed by atoms with E-state index >= 15 is 0 Å². The highest BCUT2D eigenvalue weighted by atomic mass is 16.5.